The molecule has 1 aromatic heterocycles. The maximum atomic E-state index is 12.2. The van der Waals surface area contributed by atoms with Gasteiger partial charge in [-0.25, -0.2) is 4.98 Å². The van der Waals surface area contributed by atoms with Gasteiger partial charge in [-0.3, -0.25) is 4.79 Å². The van der Waals surface area contributed by atoms with Crippen molar-refractivity contribution in [1.82, 2.24) is 14.9 Å². The minimum absolute atomic E-state index is 0.0381. The van der Waals surface area contributed by atoms with Gasteiger partial charge in [0.15, 0.2) is 0 Å². The Morgan fingerprint density at radius 3 is 2.29 bits per heavy atom. The molecule has 4 nitrogen and oxygen atoms in total. The number of amides is 1. The lowest BCUT2D eigenvalue weighted by molar-refractivity contribution is 0.0953. The second kappa shape index (κ2) is 14.8. The summed E-state index contributed by atoms with van der Waals surface area (Å²) in [5.74, 6) is 1.16. The van der Waals surface area contributed by atoms with Gasteiger partial charge in [-0.1, -0.05) is 82.0 Å². The van der Waals surface area contributed by atoms with Gasteiger partial charge < -0.3 is 9.88 Å². The summed E-state index contributed by atoms with van der Waals surface area (Å²) in [7, 11) is 0. The number of rotatable bonds is 16. The molecule has 184 valence electrons. The number of halogens is 1. The highest BCUT2D eigenvalue weighted by Crippen LogP contribution is 2.19. The standard InChI is InChI=1S/C29H40ClN3O/c1-2-3-4-5-6-7-8-14-23-33-27-16-12-11-15-26(27)32-28(33)17-10-9-13-22-31-29(34)24-18-20-25(30)21-19-24/h11-12,15-16,18-21H,2-10,13-14,17,22-23H2,1H3,(H,31,34). The molecule has 0 aliphatic carbocycles. The summed E-state index contributed by atoms with van der Waals surface area (Å²) in [5, 5.41) is 3.65. The molecule has 2 aromatic carbocycles. The lowest BCUT2D eigenvalue weighted by atomic mass is 10.1. The predicted octanol–water partition coefficient (Wildman–Crippen LogP) is 7.97. The maximum Gasteiger partial charge on any atom is 0.251 e. The van der Waals surface area contributed by atoms with E-state index >= 15 is 0 Å². The van der Waals surface area contributed by atoms with Crippen molar-refractivity contribution in [3.8, 4) is 0 Å². The number of nitrogens with zero attached hydrogens (tertiary/aromatic N) is 2. The minimum Gasteiger partial charge on any atom is -0.352 e. The van der Waals surface area contributed by atoms with Crippen LogP contribution >= 0.6 is 11.6 Å². The number of hydrogen-bond donors (Lipinski definition) is 1. The number of fused-ring (bicyclic) bond motifs is 1. The normalized spacial score (nSPS) is 11.2. The highest BCUT2D eigenvalue weighted by Gasteiger charge is 2.10. The van der Waals surface area contributed by atoms with Crippen molar-refractivity contribution in [2.45, 2.75) is 90.5 Å². The number of para-hydroxylation sites is 2. The second-order valence-corrected chi connectivity index (χ2v) is 9.65. The smallest absolute Gasteiger partial charge is 0.251 e. The molecule has 0 bridgehead atoms. The van der Waals surface area contributed by atoms with Crippen LogP contribution in [0.15, 0.2) is 48.5 Å². The number of unbranched alkanes of at least 4 members (excludes halogenated alkanes) is 9. The fourth-order valence-corrected chi connectivity index (χ4v) is 4.59. The summed E-state index contributed by atoms with van der Waals surface area (Å²) >= 11 is 5.89. The van der Waals surface area contributed by atoms with E-state index in [2.05, 4.69) is 41.1 Å². The number of aromatic nitrogens is 2. The van der Waals surface area contributed by atoms with E-state index in [4.69, 9.17) is 16.6 Å². The van der Waals surface area contributed by atoms with Gasteiger partial charge in [0.25, 0.3) is 5.91 Å². The van der Waals surface area contributed by atoms with Crippen LogP contribution in [0.25, 0.3) is 11.0 Å². The highest BCUT2D eigenvalue weighted by atomic mass is 35.5. The Bertz CT molecular complexity index is 996. The molecule has 0 saturated heterocycles. The molecule has 0 aliphatic heterocycles. The molecule has 3 rings (SSSR count). The van der Waals surface area contributed by atoms with Crippen LogP contribution in [0.1, 0.15) is 93.7 Å². The van der Waals surface area contributed by atoms with Crippen molar-refractivity contribution in [3.63, 3.8) is 0 Å². The zero-order valence-electron chi connectivity index (χ0n) is 20.7. The Balaban J connectivity index is 1.39. The SMILES string of the molecule is CCCCCCCCCCn1c(CCCCCNC(=O)c2ccc(Cl)cc2)nc2ccccc21. The summed E-state index contributed by atoms with van der Waals surface area (Å²) in [5.41, 5.74) is 3.02. The number of aryl methyl sites for hydroxylation is 2. The Morgan fingerprint density at radius 2 is 1.53 bits per heavy atom. The van der Waals surface area contributed by atoms with Crippen LogP contribution in [0.5, 0.6) is 0 Å². The molecule has 5 heteroatoms. The molecule has 0 radical (unpaired) electrons. The van der Waals surface area contributed by atoms with E-state index in [-0.39, 0.29) is 5.91 Å². The van der Waals surface area contributed by atoms with Gasteiger partial charge in [-0.2, -0.15) is 0 Å². The fraction of sp³-hybridized carbons (Fsp3) is 0.517. The van der Waals surface area contributed by atoms with E-state index in [1.165, 1.54) is 62.7 Å². The molecule has 0 spiro atoms. The number of nitrogens with one attached hydrogen (secondary N) is 1. The maximum absolute atomic E-state index is 12.2. The first-order valence-corrected chi connectivity index (χ1v) is 13.5. The monoisotopic (exact) mass is 481 g/mol. The Hall–Kier alpha value is -2.33. The third-order valence-corrected chi connectivity index (χ3v) is 6.69. The quantitative estimate of drug-likeness (QED) is 0.211. The number of carbonyl (C=O) groups is 1. The summed E-state index contributed by atoms with van der Waals surface area (Å²) in [6.07, 6.45) is 14.8. The third-order valence-electron chi connectivity index (χ3n) is 6.44. The topological polar surface area (TPSA) is 46.9 Å². The first-order chi connectivity index (χ1) is 16.7. The van der Waals surface area contributed by atoms with Crippen LogP contribution in [0.4, 0.5) is 0 Å². The van der Waals surface area contributed by atoms with Crippen molar-refractivity contribution < 1.29 is 4.79 Å². The van der Waals surface area contributed by atoms with E-state index in [0.29, 0.717) is 17.1 Å². The molecule has 3 aromatic rings. The van der Waals surface area contributed by atoms with Gasteiger partial charge in [0, 0.05) is 30.1 Å². The lowest BCUT2D eigenvalue weighted by Crippen LogP contribution is -2.24. The van der Waals surface area contributed by atoms with Crippen LogP contribution in [0.3, 0.4) is 0 Å². The van der Waals surface area contributed by atoms with E-state index in [1.54, 1.807) is 24.3 Å². The molecule has 1 amide bonds. The van der Waals surface area contributed by atoms with Crippen molar-refractivity contribution in [2.75, 3.05) is 6.54 Å². The van der Waals surface area contributed by atoms with Gasteiger partial charge in [-0.05, 0) is 55.7 Å². The zero-order chi connectivity index (χ0) is 24.0. The number of hydrogen-bond acceptors (Lipinski definition) is 2. The van der Waals surface area contributed by atoms with Crippen LogP contribution in [-0.4, -0.2) is 22.0 Å². The van der Waals surface area contributed by atoms with Gasteiger partial charge >= 0.3 is 0 Å². The summed E-state index contributed by atoms with van der Waals surface area (Å²) in [4.78, 5) is 17.1. The lowest BCUT2D eigenvalue weighted by Gasteiger charge is -2.10. The van der Waals surface area contributed by atoms with Crippen LogP contribution in [0, 0.1) is 0 Å². The number of imidazole rings is 1. The van der Waals surface area contributed by atoms with E-state index < -0.39 is 0 Å². The average Bonchev–Trinajstić information content (AvgIpc) is 3.20. The van der Waals surface area contributed by atoms with E-state index in [1.807, 2.05) is 0 Å². The first kappa shape index (κ1) is 26.3. The average molecular weight is 482 g/mol. The molecule has 0 unspecified atom stereocenters. The second-order valence-electron chi connectivity index (χ2n) is 9.22. The molecule has 0 saturated carbocycles. The summed E-state index contributed by atoms with van der Waals surface area (Å²) in [6, 6.07) is 15.5. The Morgan fingerprint density at radius 1 is 0.853 bits per heavy atom. The van der Waals surface area contributed by atoms with Gasteiger partial charge in [0.2, 0.25) is 0 Å². The fourth-order valence-electron chi connectivity index (χ4n) is 4.46. The van der Waals surface area contributed by atoms with E-state index in [0.717, 1.165) is 37.7 Å². The highest BCUT2D eigenvalue weighted by molar-refractivity contribution is 6.30. The predicted molar refractivity (Wildman–Crippen MR) is 144 cm³/mol. The Labute approximate surface area is 210 Å². The molecule has 1 N–H and O–H groups in total. The molecule has 34 heavy (non-hydrogen) atoms. The first-order valence-electron chi connectivity index (χ1n) is 13.2. The summed E-state index contributed by atoms with van der Waals surface area (Å²) in [6.45, 7) is 4.02. The zero-order valence-corrected chi connectivity index (χ0v) is 21.5. The largest absolute Gasteiger partial charge is 0.352 e. The van der Waals surface area contributed by atoms with Crippen molar-refractivity contribution in [3.05, 3.63) is 64.9 Å². The number of benzene rings is 2. The van der Waals surface area contributed by atoms with Crippen LogP contribution in [-0.2, 0) is 13.0 Å². The Kier molecular flexibility index (Phi) is 11.5. The molecular weight excluding hydrogens is 442 g/mol. The van der Waals surface area contributed by atoms with Crippen molar-refractivity contribution in [2.24, 2.45) is 0 Å². The van der Waals surface area contributed by atoms with Gasteiger partial charge in [-0.15, -0.1) is 0 Å². The van der Waals surface area contributed by atoms with Gasteiger partial charge in [0.1, 0.15) is 5.82 Å². The molecule has 0 atom stereocenters. The molecule has 1 heterocycles. The van der Waals surface area contributed by atoms with Crippen LogP contribution < -0.4 is 5.32 Å². The van der Waals surface area contributed by atoms with Crippen molar-refractivity contribution in [1.29, 1.82) is 0 Å². The minimum atomic E-state index is -0.0381. The number of carbonyl (C=O) groups excluding carboxylic acids is 1. The molecule has 0 aliphatic rings. The van der Waals surface area contributed by atoms with Crippen LogP contribution in [0.2, 0.25) is 5.02 Å². The van der Waals surface area contributed by atoms with Gasteiger partial charge in [0.05, 0.1) is 11.0 Å². The van der Waals surface area contributed by atoms with Crippen molar-refractivity contribution >= 4 is 28.5 Å². The summed E-state index contributed by atoms with van der Waals surface area (Å²) < 4.78 is 2.44. The molecular formula is C29H40ClN3O. The third kappa shape index (κ3) is 8.47. The molecule has 0 fully saturated rings. The van der Waals surface area contributed by atoms with E-state index in [9.17, 15) is 4.79 Å².